The van der Waals surface area contributed by atoms with E-state index in [1.807, 2.05) is 0 Å². The topological polar surface area (TPSA) is 121 Å². The second kappa shape index (κ2) is 9.04. The molecular weight excluding hydrogens is 549 g/mol. The molecule has 3 heterocycles. The van der Waals surface area contributed by atoms with Crippen LogP contribution in [0.15, 0.2) is 56.2 Å². The van der Waals surface area contributed by atoms with E-state index < -0.39 is 27.2 Å². The fourth-order valence-corrected chi connectivity index (χ4v) is 6.55. The van der Waals surface area contributed by atoms with Crippen LogP contribution in [0, 0.1) is 5.82 Å². The predicted molar refractivity (Wildman–Crippen MR) is 128 cm³/mol. The molecule has 1 saturated heterocycles. The number of halogens is 2. The Labute approximate surface area is 207 Å². The highest BCUT2D eigenvalue weighted by molar-refractivity contribution is 9.10. The highest BCUT2D eigenvalue weighted by Gasteiger charge is 2.45. The Morgan fingerprint density at radius 1 is 1.18 bits per heavy atom. The van der Waals surface area contributed by atoms with E-state index in [1.54, 1.807) is 19.9 Å². The van der Waals surface area contributed by atoms with E-state index in [1.165, 1.54) is 29.3 Å². The smallest absolute Gasteiger partial charge is 0.325 e. The first-order valence-corrected chi connectivity index (χ1v) is 13.1. The molecule has 1 fully saturated rings. The number of anilines is 1. The summed E-state index contributed by atoms with van der Waals surface area (Å²) in [4.78, 5) is 34.6. The number of nitrogens with one attached hydrogen (secondary N) is 2. The van der Waals surface area contributed by atoms with Gasteiger partial charge in [-0.15, -0.1) is 11.3 Å². The van der Waals surface area contributed by atoms with Crippen molar-refractivity contribution in [2.45, 2.75) is 28.5 Å². The molecule has 0 radical (unpaired) electrons. The predicted octanol–water partition coefficient (Wildman–Crippen LogP) is 3.68. The number of aromatic nitrogens is 2. The summed E-state index contributed by atoms with van der Waals surface area (Å²) in [5.41, 5.74) is -0.467. The zero-order valence-electron chi connectivity index (χ0n) is 18.0. The van der Waals surface area contributed by atoms with Crippen LogP contribution in [0.2, 0.25) is 0 Å². The molecule has 1 aromatic carbocycles. The molecule has 2 aromatic heterocycles. The number of urea groups is 1. The first-order valence-electron chi connectivity index (χ1n) is 10.0. The van der Waals surface area contributed by atoms with Gasteiger partial charge in [0.25, 0.3) is 5.91 Å². The molecule has 3 amide bonds. The van der Waals surface area contributed by atoms with E-state index in [4.69, 9.17) is 0 Å². The summed E-state index contributed by atoms with van der Waals surface area (Å²) < 4.78 is 39.6. The summed E-state index contributed by atoms with van der Waals surface area (Å²) in [5.74, 6) is -0.599. The molecule has 34 heavy (non-hydrogen) atoms. The Balaban J connectivity index is 1.51. The van der Waals surface area contributed by atoms with Crippen LogP contribution in [-0.4, -0.2) is 53.9 Å². The number of imide groups is 1. The number of sulfone groups is 1. The van der Waals surface area contributed by atoms with Crippen LogP contribution in [0.3, 0.4) is 0 Å². The second-order valence-electron chi connectivity index (χ2n) is 7.86. The fourth-order valence-electron chi connectivity index (χ4n) is 3.30. The molecule has 13 heteroatoms. The zero-order chi connectivity index (χ0) is 24.7. The minimum Gasteiger partial charge on any atom is -0.352 e. The number of carbonyl (C=O) groups is 2. The van der Waals surface area contributed by atoms with Crippen LogP contribution < -0.4 is 10.6 Å². The number of hydrogen-bond acceptors (Lipinski definition) is 8. The van der Waals surface area contributed by atoms with Gasteiger partial charge in [-0.2, -0.15) is 0 Å². The molecule has 0 unspecified atom stereocenters. The minimum absolute atomic E-state index is 0.00114. The van der Waals surface area contributed by atoms with E-state index in [-0.39, 0.29) is 27.5 Å². The van der Waals surface area contributed by atoms with Crippen LogP contribution in [-0.2, 0) is 14.6 Å². The third kappa shape index (κ3) is 4.55. The Morgan fingerprint density at radius 3 is 2.53 bits per heavy atom. The van der Waals surface area contributed by atoms with Gasteiger partial charge >= 0.3 is 6.03 Å². The van der Waals surface area contributed by atoms with Crippen molar-refractivity contribution in [1.29, 1.82) is 0 Å². The number of benzene rings is 1. The number of hydrogen-bond donors (Lipinski definition) is 2. The van der Waals surface area contributed by atoms with Crippen LogP contribution >= 0.6 is 27.3 Å². The molecule has 0 atom stereocenters. The van der Waals surface area contributed by atoms with E-state index in [2.05, 4.69) is 36.5 Å². The van der Waals surface area contributed by atoms with Gasteiger partial charge in [0.1, 0.15) is 21.3 Å². The van der Waals surface area contributed by atoms with E-state index in [0.717, 1.165) is 23.5 Å². The largest absolute Gasteiger partial charge is 0.352 e. The van der Waals surface area contributed by atoms with E-state index in [0.29, 0.717) is 21.6 Å². The molecule has 0 bridgehead atoms. The Kier molecular flexibility index (Phi) is 6.44. The SMILES string of the molecule is CC1(C)C(=O)NC(=O)N1CCNc1ncc(Br)c(-c2ccc(S(=O)(=O)c3ccc(F)cc3)s2)n1. The van der Waals surface area contributed by atoms with Crippen molar-refractivity contribution in [2.75, 3.05) is 18.4 Å². The highest BCUT2D eigenvalue weighted by atomic mass is 79.9. The van der Waals surface area contributed by atoms with Crippen molar-refractivity contribution in [3.8, 4) is 10.6 Å². The van der Waals surface area contributed by atoms with Crippen molar-refractivity contribution >= 4 is 55.0 Å². The lowest BCUT2D eigenvalue weighted by molar-refractivity contribution is -0.125. The molecule has 2 N–H and O–H groups in total. The highest BCUT2D eigenvalue weighted by Crippen LogP contribution is 2.36. The molecule has 0 spiro atoms. The van der Waals surface area contributed by atoms with Gasteiger partial charge in [-0.05, 0) is 66.2 Å². The van der Waals surface area contributed by atoms with Gasteiger partial charge in [0.15, 0.2) is 0 Å². The third-order valence-corrected chi connectivity index (χ3v) is 9.20. The lowest BCUT2D eigenvalue weighted by Gasteiger charge is -2.27. The number of nitrogens with zero attached hydrogens (tertiary/aromatic N) is 3. The summed E-state index contributed by atoms with van der Waals surface area (Å²) >= 11 is 4.43. The van der Waals surface area contributed by atoms with Crippen molar-refractivity contribution in [3.05, 3.63) is 52.9 Å². The Hall–Kier alpha value is -2.90. The maximum atomic E-state index is 13.2. The second-order valence-corrected chi connectivity index (χ2v) is 12.0. The van der Waals surface area contributed by atoms with Gasteiger partial charge in [-0.1, -0.05) is 0 Å². The van der Waals surface area contributed by atoms with Crippen molar-refractivity contribution in [3.63, 3.8) is 0 Å². The van der Waals surface area contributed by atoms with Crippen molar-refractivity contribution in [2.24, 2.45) is 0 Å². The van der Waals surface area contributed by atoms with Crippen LogP contribution in [0.4, 0.5) is 15.1 Å². The summed E-state index contributed by atoms with van der Waals surface area (Å²) in [6, 6.07) is 7.31. The van der Waals surface area contributed by atoms with Gasteiger partial charge in [-0.25, -0.2) is 27.6 Å². The third-order valence-electron chi connectivity index (χ3n) is 5.26. The Bertz CT molecular complexity index is 1380. The lowest BCUT2D eigenvalue weighted by Crippen LogP contribution is -2.46. The van der Waals surface area contributed by atoms with Crippen molar-refractivity contribution < 1.29 is 22.4 Å². The molecule has 1 aliphatic heterocycles. The van der Waals surface area contributed by atoms with Gasteiger partial charge in [0.2, 0.25) is 15.8 Å². The van der Waals surface area contributed by atoms with Gasteiger partial charge in [0.05, 0.1) is 14.2 Å². The summed E-state index contributed by atoms with van der Waals surface area (Å²) in [6.07, 6.45) is 1.54. The summed E-state index contributed by atoms with van der Waals surface area (Å²) in [5, 5.41) is 5.31. The maximum absolute atomic E-state index is 13.2. The van der Waals surface area contributed by atoms with Crippen LogP contribution in [0.25, 0.3) is 10.6 Å². The van der Waals surface area contributed by atoms with Crippen LogP contribution in [0.5, 0.6) is 0 Å². The molecule has 9 nitrogen and oxygen atoms in total. The molecule has 4 rings (SSSR count). The van der Waals surface area contributed by atoms with E-state index >= 15 is 0 Å². The molecule has 1 aliphatic rings. The lowest BCUT2D eigenvalue weighted by atomic mass is 10.0. The number of amides is 3. The monoisotopic (exact) mass is 567 g/mol. The normalized spacial score (nSPS) is 15.5. The first-order chi connectivity index (χ1) is 16.0. The van der Waals surface area contributed by atoms with Gasteiger partial charge in [0, 0.05) is 19.3 Å². The molecule has 0 saturated carbocycles. The Morgan fingerprint density at radius 2 is 1.88 bits per heavy atom. The standard InChI is InChI=1S/C21H19BrFN5O4S2/c1-21(2)18(29)27-20(30)28(21)10-9-24-19-25-11-14(22)17(26-19)15-7-8-16(33-15)34(31,32)13-5-3-12(23)4-6-13/h3-8,11H,9-10H2,1-2H3,(H,24,25,26)(H,27,29,30). The van der Waals surface area contributed by atoms with Crippen LogP contribution in [0.1, 0.15) is 13.8 Å². The summed E-state index contributed by atoms with van der Waals surface area (Å²) in [6.45, 7) is 3.86. The van der Waals surface area contributed by atoms with Gasteiger partial charge in [-0.3, -0.25) is 10.1 Å². The number of thiophene rings is 1. The average molecular weight is 568 g/mol. The van der Waals surface area contributed by atoms with Crippen molar-refractivity contribution in [1.82, 2.24) is 20.2 Å². The number of rotatable bonds is 7. The summed E-state index contributed by atoms with van der Waals surface area (Å²) in [7, 11) is -3.80. The fraction of sp³-hybridized carbons (Fsp3) is 0.238. The molecule has 0 aliphatic carbocycles. The molecule has 3 aromatic rings. The minimum atomic E-state index is -3.80. The number of carbonyl (C=O) groups excluding carboxylic acids is 2. The quantitative estimate of drug-likeness (QED) is 0.330. The molecule has 178 valence electrons. The first kappa shape index (κ1) is 24.2. The molecular formula is C21H19BrFN5O4S2. The van der Waals surface area contributed by atoms with E-state index in [9.17, 15) is 22.4 Å². The zero-order valence-corrected chi connectivity index (χ0v) is 21.2. The van der Waals surface area contributed by atoms with Gasteiger partial charge < -0.3 is 10.2 Å². The maximum Gasteiger partial charge on any atom is 0.325 e. The average Bonchev–Trinajstić information content (AvgIpc) is 3.35.